The van der Waals surface area contributed by atoms with Crippen molar-refractivity contribution in [2.24, 2.45) is 0 Å². The molecule has 9 heteroatoms. The van der Waals surface area contributed by atoms with Gasteiger partial charge in [-0.2, -0.15) is 0 Å². The number of benzene rings is 1. The van der Waals surface area contributed by atoms with E-state index in [-0.39, 0.29) is 0 Å². The molecule has 1 aromatic carbocycles. The van der Waals surface area contributed by atoms with Gasteiger partial charge in [-0.15, -0.1) is 0 Å². The first kappa shape index (κ1) is 16.6. The van der Waals surface area contributed by atoms with Gasteiger partial charge in [-0.3, -0.25) is 0 Å². The summed E-state index contributed by atoms with van der Waals surface area (Å²) in [5, 5.41) is 0.517. The fourth-order valence-corrected chi connectivity index (χ4v) is 4.35. The highest BCUT2D eigenvalue weighted by molar-refractivity contribution is 8.32. The van der Waals surface area contributed by atoms with Crippen molar-refractivity contribution < 1.29 is 4.21 Å². The lowest BCUT2D eigenvalue weighted by Crippen LogP contribution is -2.46. The van der Waals surface area contributed by atoms with E-state index in [9.17, 15) is 4.21 Å². The van der Waals surface area contributed by atoms with Crippen molar-refractivity contribution in [1.29, 1.82) is 0 Å². The van der Waals surface area contributed by atoms with Crippen LogP contribution in [0.4, 0.5) is 5.69 Å². The van der Waals surface area contributed by atoms with E-state index in [0.717, 1.165) is 4.31 Å². The number of hydrogen-bond acceptors (Lipinski definition) is 2. The molecule has 0 heterocycles. The number of rotatable bonds is 3. The van der Waals surface area contributed by atoms with Gasteiger partial charge < -0.3 is 0 Å². The van der Waals surface area contributed by atoms with Crippen LogP contribution in [0.2, 0.25) is 5.02 Å². The van der Waals surface area contributed by atoms with Crippen molar-refractivity contribution in [2.45, 2.75) is 3.92 Å². The maximum Gasteiger partial charge on any atom is 0.280 e. The molecule has 0 aliphatic rings. The molecule has 1 aromatic rings. The minimum absolute atomic E-state index is 0.410. The Hall–Kier alpha value is 0.510. The number of halogens is 4. The van der Waals surface area contributed by atoms with Crippen LogP contribution in [0.5, 0.6) is 0 Å². The second-order valence-electron chi connectivity index (χ2n) is 3.50. The summed E-state index contributed by atoms with van der Waals surface area (Å²) in [5.41, 5.74) is 0.410. The Morgan fingerprint density at radius 2 is 1.61 bits per heavy atom. The van der Waals surface area contributed by atoms with E-state index in [1.54, 1.807) is 38.4 Å². The van der Waals surface area contributed by atoms with Crippen LogP contribution >= 0.6 is 46.4 Å². The van der Waals surface area contributed by atoms with Crippen LogP contribution in [-0.4, -0.2) is 26.5 Å². The zero-order chi connectivity index (χ0) is 14.1. The lowest BCUT2D eigenvalue weighted by atomic mass is 10.3. The Balaban J connectivity index is 3.37. The lowest BCUT2D eigenvalue weighted by molar-refractivity contribution is 0.596. The van der Waals surface area contributed by atoms with Gasteiger partial charge in [-0.1, -0.05) is 46.4 Å². The summed E-state index contributed by atoms with van der Waals surface area (Å²) >= 11 is 28.4. The maximum atomic E-state index is 12.5. The van der Waals surface area contributed by atoms with E-state index in [4.69, 9.17) is 57.6 Å². The topological polar surface area (TPSA) is 23.6 Å². The fraction of sp³-hybridized carbons (Fsp3) is 0.333. The van der Waals surface area contributed by atoms with E-state index in [0.29, 0.717) is 10.7 Å². The smallest absolute Gasteiger partial charge is 0.232 e. The molecule has 0 spiro atoms. The van der Waals surface area contributed by atoms with E-state index in [1.807, 2.05) is 0 Å². The van der Waals surface area contributed by atoms with Gasteiger partial charge in [-0.05, 0) is 24.3 Å². The summed E-state index contributed by atoms with van der Waals surface area (Å²) < 4.78 is 12.9. The van der Waals surface area contributed by atoms with Gasteiger partial charge >= 0.3 is 0 Å². The van der Waals surface area contributed by atoms with Gasteiger partial charge in [0.2, 0.25) is 0 Å². The molecule has 0 amide bonds. The van der Waals surface area contributed by atoms with Crippen LogP contribution in [0.25, 0.3) is 0 Å². The normalized spacial score (nSPS) is 15.5. The molecule has 0 radical (unpaired) electrons. The summed E-state index contributed by atoms with van der Waals surface area (Å²) in [6.07, 6.45) is 0. The molecule has 0 aromatic heterocycles. The number of hydrogen-bond donors (Lipinski definition) is 0. The number of alkyl halides is 3. The molecule has 1 unspecified atom stereocenters. The van der Waals surface area contributed by atoms with Gasteiger partial charge in [0, 0.05) is 30.3 Å². The Morgan fingerprint density at radius 3 is 1.94 bits per heavy atom. The molecule has 0 N–H and O–H groups in total. The molecule has 1 rings (SSSR count). The van der Waals surface area contributed by atoms with Crippen molar-refractivity contribution in [1.82, 2.24) is 4.31 Å². The average Bonchev–Trinajstić information content (AvgIpc) is 2.18. The molecule has 0 aliphatic heterocycles. The first-order valence-corrected chi connectivity index (χ1v) is 8.53. The fourth-order valence-electron chi connectivity index (χ4n) is 1.15. The predicted molar refractivity (Wildman–Crippen MR) is 83.4 cm³/mol. The SMILES string of the molecule is CN(C)S(=O)(=S)N(c1ccc(Cl)cc1)C(Cl)(Cl)Cl. The summed E-state index contributed by atoms with van der Waals surface area (Å²) in [6.45, 7) is 0. The third-order valence-electron chi connectivity index (χ3n) is 1.98. The molecule has 18 heavy (non-hydrogen) atoms. The Labute approximate surface area is 131 Å². The molecule has 3 nitrogen and oxygen atoms in total. The molecule has 1 atom stereocenters. The lowest BCUT2D eigenvalue weighted by Gasteiger charge is -2.35. The van der Waals surface area contributed by atoms with Crippen LogP contribution < -0.4 is 4.31 Å². The largest absolute Gasteiger partial charge is 0.280 e. The van der Waals surface area contributed by atoms with Crippen LogP contribution in [0.1, 0.15) is 0 Å². The molecule has 0 aliphatic carbocycles. The Kier molecular flexibility index (Phi) is 5.40. The summed E-state index contributed by atoms with van der Waals surface area (Å²) in [5.74, 6) is 0. The minimum atomic E-state index is -3.10. The van der Waals surface area contributed by atoms with Gasteiger partial charge in [0.05, 0.1) is 5.69 Å². The monoisotopic (exact) mass is 366 g/mol. The molecule has 0 bridgehead atoms. The van der Waals surface area contributed by atoms with E-state index in [2.05, 4.69) is 0 Å². The van der Waals surface area contributed by atoms with Crippen LogP contribution in [0.3, 0.4) is 0 Å². The van der Waals surface area contributed by atoms with Gasteiger partial charge in [0.15, 0.2) is 8.86 Å². The molecule has 0 fully saturated rings. The van der Waals surface area contributed by atoms with Crippen molar-refractivity contribution in [3.05, 3.63) is 29.3 Å². The van der Waals surface area contributed by atoms with Gasteiger partial charge in [0.1, 0.15) is 0 Å². The Morgan fingerprint density at radius 1 is 1.17 bits per heavy atom. The molecule has 0 saturated carbocycles. The third-order valence-corrected chi connectivity index (χ3v) is 6.25. The second-order valence-corrected chi connectivity index (χ2v) is 9.45. The molecular formula is C9H10Cl4N2OS2. The second kappa shape index (κ2) is 5.87. The standard InChI is InChI=1S/C9H10Cl4N2OS2/c1-14(2)18(16,17)15(9(11,12)13)8-5-3-7(10)4-6-8/h3-6H,1-2H3. The van der Waals surface area contributed by atoms with Crippen LogP contribution in [0.15, 0.2) is 24.3 Å². The zero-order valence-electron chi connectivity index (χ0n) is 9.44. The predicted octanol–water partition coefficient (Wildman–Crippen LogP) is 3.61. The summed E-state index contributed by atoms with van der Waals surface area (Å²) in [7, 11) is -0.000999. The first-order valence-electron chi connectivity index (χ1n) is 4.62. The first-order chi connectivity index (χ1) is 8.06. The molecular weight excluding hydrogens is 358 g/mol. The number of anilines is 1. The highest BCUT2D eigenvalue weighted by atomic mass is 35.6. The van der Waals surface area contributed by atoms with Gasteiger partial charge in [0.25, 0.3) is 3.92 Å². The Bertz CT molecular complexity index is 510. The summed E-state index contributed by atoms with van der Waals surface area (Å²) in [4.78, 5) is 0. The zero-order valence-corrected chi connectivity index (χ0v) is 14.1. The minimum Gasteiger partial charge on any atom is -0.232 e. The molecule has 0 saturated heterocycles. The van der Waals surface area contributed by atoms with Crippen molar-refractivity contribution in [3.63, 3.8) is 0 Å². The quantitative estimate of drug-likeness (QED) is 0.601. The van der Waals surface area contributed by atoms with Crippen molar-refractivity contribution in [3.8, 4) is 0 Å². The van der Waals surface area contributed by atoms with Crippen molar-refractivity contribution in [2.75, 3.05) is 18.4 Å². The van der Waals surface area contributed by atoms with Gasteiger partial charge in [-0.25, -0.2) is 12.8 Å². The van der Waals surface area contributed by atoms with E-state index < -0.39 is 12.8 Å². The van der Waals surface area contributed by atoms with E-state index >= 15 is 0 Å². The van der Waals surface area contributed by atoms with E-state index in [1.165, 1.54) is 4.31 Å². The number of nitrogens with zero attached hydrogens (tertiary/aromatic N) is 2. The van der Waals surface area contributed by atoms with Crippen LogP contribution in [-0.2, 0) is 20.1 Å². The third kappa shape index (κ3) is 3.76. The highest BCUT2D eigenvalue weighted by Gasteiger charge is 2.38. The summed E-state index contributed by atoms with van der Waals surface area (Å²) in [6, 6.07) is 6.36. The molecule has 102 valence electrons. The average molecular weight is 368 g/mol. The maximum absolute atomic E-state index is 12.5. The van der Waals surface area contributed by atoms with Crippen LogP contribution in [0, 0.1) is 0 Å². The van der Waals surface area contributed by atoms with Crippen molar-refractivity contribution >= 4 is 72.1 Å². The highest BCUT2D eigenvalue weighted by Crippen LogP contribution is 2.38.